The maximum Gasteiger partial charge on any atom is 1.00 e. The summed E-state index contributed by atoms with van der Waals surface area (Å²) in [5.41, 5.74) is -1.27. The maximum atomic E-state index is 12.0. The van der Waals surface area contributed by atoms with E-state index in [1.807, 2.05) is 0 Å². The van der Waals surface area contributed by atoms with Gasteiger partial charge in [-0.3, -0.25) is 9.11 Å². The molecule has 0 radical (unpaired) electrons. The zero-order valence-corrected chi connectivity index (χ0v) is 34.3. The molecule has 44 heavy (non-hydrogen) atoms. The fourth-order valence-corrected chi connectivity index (χ4v) is 6.21. The first-order chi connectivity index (χ1) is 18.2. The minimum Gasteiger partial charge on any atom is -0.744 e. The molecule has 4 aromatic rings. The maximum absolute atomic E-state index is 12.0. The third-order valence-corrected chi connectivity index (χ3v) is 8.76. The SMILES string of the molecule is O=S(=O)([O-])c1cc(S(=O)(=O)[O-])c2cc(N=Nc3c(S(=O)(=O)O)cc4cc(S(=O)(=O)O)cc(O)c4c3O)ccc2c1.[Na+].[Na+].[Na+].[Na+]. The second-order valence-corrected chi connectivity index (χ2v) is 13.5. The van der Waals surface area contributed by atoms with Crippen LogP contribution in [0.4, 0.5) is 11.4 Å². The van der Waals surface area contributed by atoms with Gasteiger partial charge in [0, 0.05) is 11.5 Å². The first-order valence-electron chi connectivity index (χ1n) is 10.1. The molecule has 0 unspecified atom stereocenters. The Balaban J connectivity index is 0.00000462. The number of phenolic OH excluding ortho intramolecular Hbond substituents is 2. The van der Waals surface area contributed by atoms with E-state index in [-0.39, 0.29) is 129 Å². The standard InChI is InChI=1S/C20H14N2O14S4.4Na/c23-15-7-12(37(25,26)27)4-10-5-17(40(34,35)36)19(20(24)18(10)15)22-21-11-2-1-9-3-13(38(28,29)30)8-16(14(9)6-11)39(31,32)33;;;;/h1-8,23-24H,(H,25,26,27)(H,28,29,30)(H,31,32,33)(H,34,35,36);;;;/q;4*+1/p-2. The molecular weight excluding hydrogens is 712 g/mol. The Hall–Kier alpha value is 0.240. The molecule has 16 nitrogen and oxygen atoms in total. The molecule has 4 N–H and O–H groups in total. The quantitative estimate of drug-likeness (QED) is 0.0816. The molecule has 24 heteroatoms. The van der Waals surface area contributed by atoms with E-state index in [1.165, 1.54) is 0 Å². The van der Waals surface area contributed by atoms with Crippen LogP contribution in [-0.4, -0.2) is 62.1 Å². The Morgan fingerprint density at radius 3 is 1.66 bits per heavy atom. The average Bonchev–Trinajstić information content (AvgIpc) is 2.79. The van der Waals surface area contributed by atoms with Crippen LogP contribution in [0.15, 0.2) is 78.3 Å². The molecule has 0 atom stereocenters. The Labute approximate surface area is 338 Å². The second-order valence-electron chi connectivity index (χ2n) is 8.00. The normalized spacial score (nSPS) is 12.2. The topological polar surface area (TPSA) is 288 Å². The van der Waals surface area contributed by atoms with Crippen molar-refractivity contribution in [3.05, 3.63) is 48.5 Å². The van der Waals surface area contributed by atoms with E-state index in [9.17, 15) is 62.1 Å². The van der Waals surface area contributed by atoms with Crippen molar-refractivity contribution in [1.82, 2.24) is 0 Å². The van der Waals surface area contributed by atoms with E-state index in [0.717, 1.165) is 24.3 Å². The van der Waals surface area contributed by atoms with E-state index in [1.54, 1.807) is 0 Å². The first-order valence-corrected chi connectivity index (χ1v) is 15.8. The summed E-state index contributed by atoms with van der Waals surface area (Å²) >= 11 is 0. The van der Waals surface area contributed by atoms with Gasteiger partial charge in [-0.05, 0) is 47.2 Å². The average molecular weight is 725 g/mol. The van der Waals surface area contributed by atoms with E-state index in [2.05, 4.69) is 10.2 Å². The van der Waals surface area contributed by atoms with Crippen molar-refractivity contribution in [2.24, 2.45) is 10.2 Å². The predicted molar refractivity (Wildman–Crippen MR) is 131 cm³/mol. The molecule has 0 aliphatic rings. The molecule has 0 amide bonds. The number of nitrogens with zero attached hydrogens (tertiary/aromatic N) is 2. The number of hydrogen-bond donors (Lipinski definition) is 4. The van der Waals surface area contributed by atoms with Crippen molar-refractivity contribution in [3.8, 4) is 11.5 Å². The third-order valence-electron chi connectivity index (χ3n) is 5.38. The summed E-state index contributed by atoms with van der Waals surface area (Å²) < 4.78 is 135. The number of fused-ring (bicyclic) bond motifs is 2. The van der Waals surface area contributed by atoms with Gasteiger partial charge in [0.05, 0.1) is 25.8 Å². The molecule has 212 valence electrons. The van der Waals surface area contributed by atoms with Gasteiger partial charge >= 0.3 is 118 Å². The van der Waals surface area contributed by atoms with Gasteiger partial charge in [0.15, 0.2) is 5.75 Å². The smallest absolute Gasteiger partial charge is 0.744 e. The Morgan fingerprint density at radius 1 is 0.591 bits per heavy atom. The van der Waals surface area contributed by atoms with Crippen LogP contribution in [-0.2, 0) is 40.5 Å². The van der Waals surface area contributed by atoms with Crippen LogP contribution >= 0.6 is 0 Å². The molecule has 4 aromatic carbocycles. The van der Waals surface area contributed by atoms with E-state index >= 15 is 0 Å². The van der Waals surface area contributed by atoms with Gasteiger partial charge in [-0.25, -0.2) is 16.8 Å². The fraction of sp³-hybridized carbons (Fsp3) is 0. The van der Waals surface area contributed by atoms with Gasteiger partial charge in [0.1, 0.15) is 36.6 Å². The summed E-state index contributed by atoms with van der Waals surface area (Å²) in [6.45, 7) is 0. The summed E-state index contributed by atoms with van der Waals surface area (Å²) in [5, 5.41) is 26.5. The van der Waals surface area contributed by atoms with Crippen molar-refractivity contribution in [3.63, 3.8) is 0 Å². The van der Waals surface area contributed by atoms with Crippen molar-refractivity contribution >= 4 is 73.4 Å². The molecule has 0 aliphatic carbocycles. The number of phenols is 2. The van der Waals surface area contributed by atoms with Crippen molar-refractivity contribution < 1.29 is 180 Å². The number of hydrogen-bond acceptors (Lipinski definition) is 14. The van der Waals surface area contributed by atoms with Gasteiger partial charge in [-0.2, -0.15) is 21.9 Å². The van der Waals surface area contributed by atoms with Crippen molar-refractivity contribution in [2.45, 2.75) is 19.6 Å². The zero-order valence-electron chi connectivity index (χ0n) is 23.0. The van der Waals surface area contributed by atoms with Gasteiger partial charge in [0.2, 0.25) is 0 Å². The van der Waals surface area contributed by atoms with Crippen LogP contribution in [0, 0.1) is 0 Å². The summed E-state index contributed by atoms with van der Waals surface area (Å²) in [5.74, 6) is -2.05. The molecule has 4 rings (SSSR count). The Morgan fingerprint density at radius 2 is 1.16 bits per heavy atom. The molecule has 0 bridgehead atoms. The number of azo groups is 1. The molecule has 0 heterocycles. The fourth-order valence-electron chi connectivity index (χ4n) is 3.69. The molecule has 0 fully saturated rings. The number of rotatable bonds is 6. The molecule has 0 spiro atoms. The number of aromatic hydroxyl groups is 2. The zero-order chi connectivity index (χ0) is 30.0. The molecular formula is C20H12N2Na4O14S4+2. The van der Waals surface area contributed by atoms with Gasteiger partial charge in [-0.1, -0.05) is 6.07 Å². The largest absolute Gasteiger partial charge is 1.00 e. The molecule has 0 aromatic heterocycles. The van der Waals surface area contributed by atoms with E-state index < -0.39 is 93.4 Å². The van der Waals surface area contributed by atoms with Crippen LogP contribution in [0.2, 0.25) is 0 Å². The third kappa shape index (κ3) is 9.66. The van der Waals surface area contributed by atoms with Crippen molar-refractivity contribution in [1.29, 1.82) is 0 Å². The second kappa shape index (κ2) is 15.6. The van der Waals surface area contributed by atoms with Crippen LogP contribution in [0.3, 0.4) is 0 Å². The molecule has 0 saturated heterocycles. The monoisotopic (exact) mass is 724 g/mol. The van der Waals surface area contributed by atoms with E-state index in [4.69, 9.17) is 0 Å². The minimum atomic E-state index is -5.34. The summed E-state index contributed by atoms with van der Waals surface area (Å²) in [7, 11) is -20.6. The minimum absolute atomic E-state index is 0. The van der Waals surface area contributed by atoms with Gasteiger partial charge in [0.25, 0.3) is 20.2 Å². The van der Waals surface area contributed by atoms with Crippen molar-refractivity contribution in [2.75, 3.05) is 0 Å². The summed E-state index contributed by atoms with van der Waals surface area (Å²) in [4.78, 5) is -4.09. The van der Waals surface area contributed by atoms with Gasteiger partial charge < -0.3 is 19.3 Å². The van der Waals surface area contributed by atoms with E-state index in [0.29, 0.717) is 24.3 Å². The van der Waals surface area contributed by atoms with Crippen LogP contribution in [0.25, 0.3) is 21.5 Å². The predicted octanol–water partition coefficient (Wildman–Crippen LogP) is -9.86. The summed E-state index contributed by atoms with van der Waals surface area (Å²) in [6.07, 6.45) is 0. The number of benzene rings is 4. The van der Waals surface area contributed by atoms with Crippen LogP contribution in [0.5, 0.6) is 11.5 Å². The van der Waals surface area contributed by atoms with Crippen LogP contribution in [0.1, 0.15) is 0 Å². The Kier molecular flexibility index (Phi) is 15.7. The summed E-state index contributed by atoms with van der Waals surface area (Å²) in [6, 6.07) is 6.02. The Bertz CT molecular complexity index is 2250. The first kappa shape index (κ1) is 44.2. The molecule has 0 saturated carbocycles. The van der Waals surface area contributed by atoms with Crippen LogP contribution < -0.4 is 118 Å². The van der Waals surface area contributed by atoms with Gasteiger partial charge in [-0.15, -0.1) is 5.11 Å². The molecule has 0 aliphatic heterocycles.